The second-order valence-electron chi connectivity index (χ2n) is 4.55. The highest BCUT2D eigenvalue weighted by molar-refractivity contribution is 5.91. The molecule has 2 N–H and O–H groups in total. The van der Waals surface area contributed by atoms with Crippen LogP contribution in [-0.4, -0.2) is 24.2 Å². The van der Waals surface area contributed by atoms with Gasteiger partial charge in [0.15, 0.2) is 5.69 Å². The number of fused-ring (bicyclic) bond motifs is 1. The first-order valence-electron chi connectivity index (χ1n) is 6.34. The average molecular weight is 257 g/mol. The van der Waals surface area contributed by atoms with Crippen LogP contribution >= 0.6 is 0 Å². The minimum atomic E-state index is -0.210. The predicted octanol–water partition coefficient (Wildman–Crippen LogP) is 1.29. The summed E-state index contributed by atoms with van der Waals surface area (Å²) in [5.74, 6) is -0.210. The van der Waals surface area contributed by atoms with Crippen molar-refractivity contribution < 1.29 is 9.32 Å². The molecule has 1 aliphatic heterocycles. The van der Waals surface area contributed by atoms with E-state index in [1.165, 1.54) is 17.4 Å². The Bertz CT molecular complexity index is 566. The summed E-state index contributed by atoms with van der Waals surface area (Å²) in [7, 11) is 0. The molecule has 2 aromatic rings. The number of nitrogens with zero attached hydrogens (tertiary/aromatic N) is 1. The molecule has 0 radical (unpaired) electrons. The molecular weight excluding hydrogens is 242 g/mol. The second kappa shape index (κ2) is 5.24. The number of benzene rings is 1. The van der Waals surface area contributed by atoms with Gasteiger partial charge in [-0.1, -0.05) is 29.4 Å². The molecule has 19 heavy (non-hydrogen) atoms. The van der Waals surface area contributed by atoms with Crippen LogP contribution in [0, 0.1) is 0 Å². The molecule has 0 aliphatic carbocycles. The van der Waals surface area contributed by atoms with Crippen LogP contribution in [0.1, 0.15) is 27.7 Å². The first kappa shape index (κ1) is 11.9. The molecule has 98 valence electrons. The molecule has 1 aromatic carbocycles. The molecule has 1 unspecified atom stereocenters. The highest BCUT2D eigenvalue weighted by Crippen LogP contribution is 2.21. The lowest BCUT2D eigenvalue weighted by Gasteiger charge is -2.26. The Morgan fingerprint density at radius 2 is 2.32 bits per heavy atom. The number of nitrogens with one attached hydrogen (secondary N) is 2. The molecule has 5 nitrogen and oxygen atoms in total. The monoisotopic (exact) mass is 257 g/mol. The van der Waals surface area contributed by atoms with Crippen LogP contribution in [0.4, 0.5) is 0 Å². The number of carbonyl (C=O) groups excluding carboxylic acids is 1. The fourth-order valence-corrected chi connectivity index (χ4v) is 2.39. The van der Waals surface area contributed by atoms with Crippen LogP contribution in [0.5, 0.6) is 0 Å². The molecule has 0 saturated carbocycles. The van der Waals surface area contributed by atoms with E-state index >= 15 is 0 Å². The Hall–Kier alpha value is -2.14. The maximum absolute atomic E-state index is 11.8. The van der Waals surface area contributed by atoms with E-state index in [2.05, 4.69) is 38.5 Å². The smallest absolute Gasteiger partial charge is 0.273 e. The van der Waals surface area contributed by atoms with Gasteiger partial charge in [0.2, 0.25) is 0 Å². The third kappa shape index (κ3) is 2.51. The Morgan fingerprint density at radius 1 is 1.42 bits per heavy atom. The van der Waals surface area contributed by atoms with Gasteiger partial charge < -0.3 is 15.2 Å². The second-order valence-corrected chi connectivity index (χ2v) is 4.55. The highest BCUT2D eigenvalue weighted by atomic mass is 16.5. The summed E-state index contributed by atoms with van der Waals surface area (Å²) in [6.07, 6.45) is 2.42. The number of amides is 1. The topological polar surface area (TPSA) is 67.2 Å². The average Bonchev–Trinajstić information content (AvgIpc) is 2.99. The molecule has 1 aromatic heterocycles. The molecular formula is C14H15N3O2. The summed E-state index contributed by atoms with van der Waals surface area (Å²) < 4.78 is 4.66. The van der Waals surface area contributed by atoms with Crippen LogP contribution in [0.25, 0.3) is 0 Å². The van der Waals surface area contributed by atoms with E-state index in [1.54, 1.807) is 6.07 Å². The minimum Gasteiger partial charge on any atom is -0.364 e. The van der Waals surface area contributed by atoms with Crippen molar-refractivity contribution in [3.63, 3.8) is 0 Å². The van der Waals surface area contributed by atoms with Gasteiger partial charge >= 0.3 is 0 Å². The van der Waals surface area contributed by atoms with Gasteiger partial charge in [0.25, 0.3) is 5.91 Å². The van der Waals surface area contributed by atoms with Crippen molar-refractivity contribution in [2.75, 3.05) is 13.1 Å². The molecule has 0 saturated heterocycles. The first-order valence-corrected chi connectivity index (χ1v) is 6.34. The van der Waals surface area contributed by atoms with Crippen LogP contribution in [0.2, 0.25) is 0 Å². The predicted molar refractivity (Wildman–Crippen MR) is 69.7 cm³/mol. The molecule has 0 fully saturated rings. The number of hydrogen-bond acceptors (Lipinski definition) is 4. The van der Waals surface area contributed by atoms with E-state index < -0.39 is 0 Å². The Labute approximate surface area is 111 Å². The van der Waals surface area contributed by atoms with Gasteiger partial charge in [-0.15, -0.1) is 0 Å². The van der Waals surface area contributed by atoms with E-state index in [4.69, 9.17) is 0 Å². The molecule has 1 aliphatic rings. The minimum absolute atomic E-state index is 0.154. The lowest BCUT2D eigenvalue weighted by atomic mass is 9.94. The van der Waals surface area contributed by atoms with Gasteiger partial charge in [0.05, 0.1) is 0 Å². The maximum atomic E-state index is 11.8. The third-order valence-corrected chi connectivity index (χ3v) is 3.35. The van der Waals surface area contributed by atoms with Crippen LogP contribution in [0.15, 0.2) is 41.1 Å². The molecule has 1 amide bonds. The van der Waals surface area contributed by atoms with Gasteiger partial charge in [-0.3, -0.25) is 4.79 Å². The van der Waals surface area contributed by atoms with Gasteiger partial charge in [-0.2, -0.15) is 0 Å². The van der Waals surface area contributed by atoms with Crippen LogP contribution in [0.3, 0.4) is 0 Å². The third-order valence-electron chi connectivity index (χ3n) is 3.35. The molecule has 0 bridgehead atoms. The van der Waals surface area contributed by atoms with Crippen molar-refractivity contribution in [3.05, 3.63) is 53.4 Å². The zero-order chi connectivity index (χ0) is 13.1. The lowest BCUT2D eigenvalue weighted by Crippen LogP contribution is -2.38. The number of aromatic nitrogens is 1. The van der Waals surface area contributed by atoms with Gasteiger partial charge in [0.1, 0.15) is 6.26 Å². The summed E-state index contributed by atoms with van der Waals surface area (Å²) in [4.78, 5) is 11.8. The van der Waals surface area contributed by atoms with E-state index in [0.717, 1.165) is 13.0 Å². The Kier molecular flexibility index (Phi) is 3.29. The Balaban J connectivity index is 1.67. The van der Waals surface area contributed by atoms with Gasteiger partial charge in [0, 0.05) is 18.7 Å². The van der Waals surface area contributed by atoms with Crippen molar-refractivity contribution in [3.8, 4) is 0 Å². The lowest BCUT2D eigenvalue weighted by molar-refractivity contribution is 0.0940. The molecule has 1 atom stereocenters. The van der Waals surface area contributed by atoms with Crippen LogP contribution < -0.4 is 10.6 Å². The Morgan fingerprint density at radius 3 is 3.16 bits per heavy atom. The molecule has 5 heteroatoms. The summed E-state index contributed by atoms with van der Waals surface area (Å²) in [6, 6.07) is 10.0. The molecule has 3 rings (SSSR count). The number of hydrogen-bond donors (Lipinski definition) is 2. The summed E-state index contributed by atoms with van der Waals surface area (Å²) in [5.41, 5.74) is 2.92. The quantitative estimate of drug-likeness (QED) is 0.869. The summed E-state index contributed by atoms with van der Waals surface area (Å²) in [6.45, 7) is 1.48. The van der Waals surface area contributed by atoms with Crippen molar-refractivity contribution >= 4 is 5.91 Å². The van der Waals surface area contributed by atoms with Crippen LogP contribution in [-0.2, 0) is 6.42 Å². The summed E-state index contributed by atoms with van der Waals surface area (Å²) >= 11 is 0. The number of carbonyl (C=O) groups is 1. The van der Waals surface area contributed by atoms with Crippen molar-refractivity contribution in [1.29, 1.82) is 0 Å². The van der Waals surface area contributed by atoms with E-state index in [1.807, 2.05) is 6.07 Å². The van der Waals surface area contributed by atoms with Crippen molar-refractivity contribution in [1.82, 2.24) is 15.8 Å². The van der Waals surface area contributed by atoms with Gasteiger partial charge in [-0.05, 0) is 24.1 Å². The molecule has 0 spiro atoms. The molecule has 2 heterocycles. The normalized spacial score (nSPS) is 17.8. The van der Waals surface area contributed by atoms with E-state index in [-0.39, 0.29) is 11.9 Å². The highest BCUT2D eigenvalue weighted by Gasteiger charge is 2.20. The fraction of sp³-hybridized carbons (Fsp3) is 0.286. The first-order chi connectivity index (χ1) is 9.34. The zero-order valence-electron chi connectivity index (χ0n) is 10.4. The van der Waals surface area contributed by atoms with E-state index in [9.17, 15) is 4.79 Å². The van der Waals surface area contributed by atoms with Gasteiger partial charge in [-0.25, -0.2) is 0 Å². The maximum Gasteiger partial charge on any atom is 0.273 e. The largest absolute Gasteiger partial charge is 0.364 e. The standard InChI is InChI=1S/C14H15N3O2/c18-14(12-6-8-19-17-12)16-9-13-11-4-2-1-3-10(11)5-7-15-13/h1-4,6,8,13,15H,5,7,9H2,(H,16,18). The SMILES string of the molecule is O=C(NCC1NCCc2ccccc21)c1ccon1. The number of rotatable bonds is 3. The van der Waals surface area contributed by atoms with Crippen molar-refractivity contribution in [2.45, 2.75) is 12.5 Å². The van der Waals surface area contributed by atoms with E-state index in [0.29, 0.717) is 12.2 Å². The zero-order valence-corrected chi connectivity index (χ0v) is 10.4. The summed E-state index contributed by atoms with van der Waals surface area (Å²) in [5, 5.41) is 9.91. The van der Waals surface area contributed by atoms with Crippen molar-refractivity contribution in [2.24, 2.45) is 0 Å². The fourth-order valence-electron chi connectivity index (χ4n) is 2.39.